The third-order valence-corrected chi connectivity index (χ3v) is 7.07. The molecule has 176 valence electrons. The number of nitrogens with one attached hydrogen (secondary N) is 1. The van der Waals surface area contributed by atoms with Gasteiger partial charge in [0.25, 0.3) is 5.91 Å². The fraction of sp³-hybridized carbons (Fsp3) is 0.308. The molecule has 3 atom stereocenters. The van der Waals surface area contributed by atoms with Crippen LogP contribution in [0.3, 0.4) is 0 Å². The largest absolute Gasteiger partial charge is 0.454 e. The molecule has 1 aliphatic heterocycles. The number of anilines is 1. The number of ether oxygens (including phenoxy) is 1. The molecule has 1 saturated heterocycles. The van der Waals surface area contributed by atoms with E-state index in [1.165, 1.54) is 0 Å². The average Bonchev–Trinajstić information content (AvgIpc) is 3.09. The number of nitrogens with zero attached hydrogens (tertiary/aromatic N) is 1. The van der Waals surface area contributed by atoms with Gasteiger partial charge in [0.1, 0.15) is 6.04 Å². The third-order valence-electron chi connectivity index (χ3n) is 6.18. The lowest BCUT2D eigenvalue weighted by Crippen LogP contribution is -2.48. The maximum atomic E-state index is 13.1. The summed E-state index contributed by atoms with van der Waals surface area (Å²) in [5.41, 5.74) is 2.30. The second kappa shape index (κ2) is 10.3. The molecule has 0 saturated carbocycles. The molecule has 1 N–H and O–H groups in total. The van der Waals surface area contributed by atoms with E-state index in [4.69, 9.17) is 4.74 Å². The summed E-state index contributed by atoms with van der Waals surface area (Å²) in [4.78, 5) is 52.8. The van der Waals surface area contributed by atoms with Gasteiger partial charge in [0, 0.05) is 16.6 Å². The number of hydrogen-bond donors (Lipinski definition) is 1. The topological polar surface area (TPSA) is 92.8 Å². The first-order valence-electron chi connectivity index (χ1n) is 11.1. The molecular weight excluding hydrogens is 500 g/mol. The van der Waals surface area contributed by atoms with Crippen molar-refractivity contribution in [3.05, 3.63) is 76.3 Å². The zero-order chi connectivity index (χ0) is 24.2. The van der Waals surface area contributed by atoms with Crippen LogP contribution in [0.4, 0.5) is 5.69 Å². The Bertz CT molecular complexity index is 1120. The summed E-state index contributed by atoms with van der Waals surface area (Å²) in [7, 11) is 0. The Morgan fingerprint density at radius 1 is 1.06 bits per heavy atom. The van der Waals surface area contributed by atoms with Gasteiger partial charge in [0.15, 0.2) is 6.61 Å². The minimum absolute atomic E-state index is 0.123. The minimum Gasteiger partial charge on any atom is -0.454 e. The standard InChI is InChI=1S/C26H25BrN2O5/c1-16-13-18(11-12-21(16)27)28-23(30)15-34-26(33)22(14-17-7-3-2-4-8-17)29-24(31)19-9-5-6-10-20(19)25(29)32/h2-8,11-13,19-20,22H,9-10,14-15H2,1H3,(H,28,30)/t19-,20+,22-/m0/s1. The number of allylic oxidation sites excluding steroid dienone is 2. The van der Waals surface area contributed by atoms with E-state index in [1.54, 1.807) is 12.1 Å². The van der Waals surface area contributed by atoms with Gasteiger partial charge in [-0.3, -0.25) is 19.3 Å². The highest BCUT2D eigenvalue weighted by atomic mass is 79.9. The first-order valence-corrected chi connectivity index (χ1v) is 11.9. The molecule has 1 aliphatic carbocycles. The van der Waals surface area contributed by atoms with E-state index in [1.807, 2.05) is 55.5 Å². The van der Waals surface area contributed by atoms with E-state index in [0.29, 0.717) is 18.5 Å². The summed E-state index contributed by atoms with van der Waals surface area (Å²) >= 11 is 3.41. The van der Waals surface area contributed by atoms with Crippen LogP contribution in [0.15, 0.2) is 65.2 Å². The summed E-state index contributed by atoms with van der Waals surface area (Å²) in [5, 5.41) is 2.69. The molecule has 2 aromatic rings. The number of amides is 3. The number of rotatable bonds is 7. The van der Waals surface area contributed by atoms with Crippen LogP contribution in [-0.4, -0.2) is 41.2 Å². The summed E-state index contributed by atoms with van der Waals surface area (Å²) in [6.45, 7) is 1.37. The second-order valence-corrected chi connectivity index (χ2v) is 9.38. The molecule has 4 rings (SSSR count). The van der Waals surface area contributed by atoms with Crippen LogP contribution in [-0.2, 0) is 30.3 Å². The van der Waals surface area contributed by atoms with Crippen LogP contribution in [0.25, 0.3) is 0 Å². The number of likely N-dealkylation sites (tertiary alicyclic amines) is 1. The van der Waals surface area contributed by atoms with Crippen molar-refractivity contribution in [3.8, 4) is 0 Å². The number of halogens is 1. The minimum atomic E-state index is -1.13. The molecule has 2 aliphatic rings. The molecule has 1 heterocycles. The number of aryl methyl sites for hydroxylation is 1. The molecule has 34 heavy (non-hydrogen) atoms. The first kappa shape index (κ1) is 23.9. The highest BCUT2D eigenvalue weighted by Crippen LogP contribution is 2.36. The number of hydrogen-bond acceptors (Lipinski definition) is 5. The van der Waals surface area contributed by atoms with Crippen LogP contribution in [0.1, 0.15) is 24.0 Å². The Hall–Kier alpha value is -3.26. The third kappa shape index (κ3) is 5.12. The smallest absolute Gasteiger partial charge is 0.330 e. The van der Waals surface area contributed by atoms with Crippen LogP contribution in [0, 0.1) is 18.8 Å². The predicted molar refractivity (Wildman–Crippen MR) is 130 cm³/mol. The highest BCUT2D eigenvalue weighted by molar-refractivity contribution is 9.10. The molecular formula is C26H25BrN2O5. The Kier molecular flexibility index (Phi) is 7.26. The number of fused-ring (bicyclic) bond motifs is 1. The predicted octanol–water partition coefficient (Wildman–Crippen LogP) is 3.80. The zero-order valence-electron chi connectivity index (χ0n) is 18.7. The number of benzene rings is 2. The normalized spacial score (nSPS) is 20.1. The molecule has 0 radical (unpaired) electrons. The Labute approximate surface area is 206 Å². The zero-order valence-corrected chi connectivity index (χ0v) is 20.3. The van der Waals surface area contributed by atoms with Crippen molar-refractivity contribution in [2.45, 2.75) is 32.2 Å². The van der Waals surface area contributed by atoms with Crippen LogP contribution < -0.4 is 5.32 Å². The molecule has 0 spiro atoms. The van der Waals surface area contributed by atoms with E-state index in [0.717, 1.165) is 20.5 Å². The fourth-order valence-corrected chi connectivity index (χ4v) is 4.65. The van der Waals surface area contributed by atoms with Gasteiger partial charge in [-0.05, 0) is 49.1 Å². The van der Waals surface area contributed by atoms with Gasteiger partial charge in [-0.2, -0.15) is 0 Å². The van der Waals surface area contributed by atoms with E-state index in [9.17, 15) is 19.2 Å². The lowest BCUT2D eigenvalue weighted by atomic mass is 9.85. The van der Waals surface area contributed by atoms with Crippen LogP contribution >= 0.6 is 15.9 Å². The summed E-state index contributed by atoms with van der Waals surface area (Å²) < 4.78 is 6.22. The van der Waals surface area contributed by atoms with Crippen molar-refractivity contribution in [1.29, 1.82) is 0 Å². The van der Waals surface area contributed by atoms with Gasteiger partial charge in [-0.25, -0.2) is 4.79 Å². The lowest BCUT2D eigenvalue weighted by Gasteiger charge is -2.25. The van der Waals surface area contributed by atoms with E-state index in [-0.39, 0.29) is 18.2 Å². The van der Waals surface area contributed by atoms with Gasteiger partial charge in [-0.1, -0.05) is 58.4 Å². The SMILES string of the molecule is Cc1cc(NC(=O)COC(=O)[C@H](Cc2ccccc2)N2C(=O)[C@H]3CC=CC[C@H]3C2=O)ccc1Br. The van der Waals surface area contributed by atoms with Crippen molar-refractivity contribution in [2.75, 3.05) is 11.9 Å². The van der Waals surface area contributed by atoms with E-state index >= 15 is 0 Å². The maximum Gasteiger partial charge on any atom is 0.330 e. The summed E-state index contributed by atoms with van der Waals surface area (Å²) in [5.74, 6) is -2.90. The Morgan fingerprint density at radius 2 is 1.71 bits per heavy atom. The Balaban J connectivity index is 1.48. The first-order chi connectivity index (χ1) is 16.3. The van der Waals surface area contributed by atoms with Gasteiger partial charge >= 0.3 is 5.97 Å². The Morgan fingerprint density at radius 3 is 2.32 bits per heavy atom. The lowest BCUT2D eigenvalue weighted by molar-refractivity contribution is -0.159. The molecule has 0 aromatic heterocycles. The molecule has 2 aromatic carbocycles. The quantitative estimate of drug-likeness (QED) is 0.337. The number of carbonyl (C=O) groups is 4. The number of esters is 1. The number of carbonyl (C=O) groups excluding carboxylic acids is 4. The van der Waals surface area contributed by atoms with Crippen LogP contribution in [0.2, 0.25) is 0 Å². The highest BCUT2D eigenvalue weighted by Gasteiger charge is 2.51. The van der Waals surface area contributed by atoms with Gasteiger partial charge in [-0.15, -0.1) is 0 Å². The van der Waals surface area contributed by atoms with Crippen molar-refractivity contribution in [3.63, 3.8) is 0 Å². The van der Waals surface area contributed by atoms with Crippen molar-refractivity contribution in [1.82, 2.24) is 4.90 Å². The molecule has 0 bridgehead atoms. The van der Waals surface area contributed by atoms with E-state index < -0.39 is 36.4 Å². The van der Waals surface area contributed by atoms with Crippen molar-refractivity contribution in [2.24, 2.45) is 11.8 Å². The monoisotopic (exact) mass is 524 g/mol. The molecule has 1 fully saturated rings. The average molecular weight is 525 g/mol. The molecule has 8 heteroatoms. The summed E-state index contributed by atoms with van der Waals surface area (Å²) in [6, 6.07) is 13.3. The second-order valence-electron chi connectivity index (χ2n) is 8.53. The van der Waals surface area contributed by atoms with Crippen molar-refractivity contribution >= 4 is 45.3 Å². The molecule has 7 nitrogen and oxygen atoms in total. The maximum absolute atomic E-state index is 13.1. The van der Waals surface area contributed by atoms with E-state index in [2.05, 4.69) is 21.2 Å². The molecule has 3 amide bonds. The van der Waals surface area contributed by atoms with Gasteiger partial charge in [0.05, 0.1) is 11.8 Å². The van der Waals surface area contributed by atoms with Crippen molar-refractivity contribution < 1.29 is 23.9 Å². The molecule has 0 unspecified atom stereocenters. The fourth-order valence-electron chi connectivity index (χ4n) is 4.40. The summed E-state index contributed by atoms with van der Waals surface area (Å²) in [6.07, 6.45) is 4.88. The number of imide groups is 1. The van der Waals surface area contributed by atoms with Gasteiger partial charge < -0.3 is 10.1 Å². The van der Waals surface area contributed by atoms with Gasteiger partial charge in [0.2, 0.25) is 11.8 Å². The van der Waals surface area contributed by atoms with Crippen LogP contribution in [0.5, 0.6) is 0 Å².